The molecule has 2 aromatic carbocycles. The predicted molar refractivity (Wildman–Crippen MR) is 88.6 cm³/mol. The van der Waals surface area contributed by atoms with Crippen LogP contribution in [0.15, 0.2) is 42.5 Å². The Kier molecular flexibility index (Phi) is 4.76. The van der Waals surface area contributed by atoms with Crippen LogP contribution in [0.5, 0.6) is 0 Å². The molecule has 1 fully saturated rings. The van der Waals surface area contributed by atoms with Gasteiger partial charge in [-0.05, 0) is 18.1 Å². The molecule has 1 saturated heterocycles. The molecule has 0 saturated carbocycles. The van der Waals surface area contributed by atoms with Crippen LogP contribution in [0, 0.1) is 11.6 Å². The van der Waals surface area contributed by atoms with Crippen LogP contribution in [-0.2, 0) is 6.54 Å². The zero-order chi connectivity index (χ0) is 17.1. The highest BCUT2D eigenvalue weighted by atomic mass is 19.1. The Bertz CT molecular complexity index is 737. The number of carbonyl (C=O) groups is 1. The van der Waals surface area contributed by atoms with Gasteiger partial charge in [0, 0.05) is 31.7 Å². The normalized spacial score (nSPS) is 17.8. The number of hydrogen-bond acceptors (Lipinski definition) is 3. The molecule has 1 heterocycles. The third-order valence-electron chi connectivity index (χ3n) is 4.20. The van der Waals surface area contributed by atoms with Crippen molar-refractivity contribution in [2.24, 2.45) is 5.73 Å². The van der Waals surface area contributed by atoms with Crippen molar-refractivity contribution in [1.82, 2.24) is 4.90 Å². The first-order valence-electron chi connectivity index (χ1n) is 7.84. The topological polar surface area (TPSA) is 58.4 Å². The second-order valence-corrected chi connectivity index (χ2v) is 6.03. The first kappa shape index (κ1) is 16.4. The van der Waals surface area contributed by atoms with E-state index in [9.17, 15) is 13.6 Å². The third kappa shape index (κ3) is 3.71. The van der Waals surface area contributed by atoms with E-state index in [0.717, 1.165) is 32.1 Å². The average molecular weight is 331 g/mol. The fraction of sp³-hybridized carbons (Fsp3) is 0.278. The molecular formula is C18H19F2N3O. The molecule has 1 atom stereocenters. The highest BCUT2D eigenvalue weighted by Gasteiger charge is 2.24. The van der Waals surface area contributed by atoms with Crippen molar-refractivity contribution in [3.63, 3.8) is 0 Å². The highest BCUT2D eigenvalue weighted by Crippen LogP contribution is 2.23. The van der Waals surface area contributed by atoms with Gasteiger partial charge in [-0.2, -0.15) is 0 Å². The maximum Gasteiger partial charge on any atom is 0.251 e. The number of amides is 1. The Morgan fingerprint density at radius 2 is 1.96 bits per heavy atom. The van der Waals surface area contributed by atoms with Crippen molar-refractivity contribution in [2.45, 2.75) is 19.0 Å². The van der Waals surface area contributed by atoms with E-state index in [1.807, 2.05) is 18.2 Å². The largest absolute Gasteiger partial charge is 0.379 e. The van der Waals surface area contributed by atoms with Gasteiger partial charge in [0.25, 0.3) is 5.91 Å². The number of likely N-dealkylation sites (tertiary alicyclic amines) is 1. The molecule has 0 radical (unpaired) electrons. The Balaban J connectivity index is 1.65. The summed E-state index contributed by atoms with van der Waals surface area (Å²) in [6.45, 7) is 2.47. The molecule has 1 aliphatic heterocycles. The lowest BCUT2D eigenvalue weighted by Gasteiger charge is -2.18. The van der Waals surface area contributed by atoms with Crippen LogP contribution in [0.2, 0.25) is 0 Å². The highest BCUT2D eigenvalue weighted by molar-refractivity contribution is 5.94. The van der Waals surface area contributed by atoms with E-state index in [0.29, 0.717) is 6.07 Å². The number of hydrogen-bond donors (Lipinski definition) is 2. The standard InChI is InChI=1S/C18H19F2N3O/c19-15-9-16(20)17(8-14(15)18(21)24)22-13-6-7-23(11-13)10-12-4-2-1-3-5-12/h1-5,8-9,13,22H,6-7,10-11H2,(H2,21,24). The Morgan fingerprint density at radius 1 is 1.21 bits per heavy atom. The van der Waals surface area contributed by atoms with Crippen LogP contribution in [-0.4, -0.2) is 29.9 Å². The number of anilines is 1. The zero-order valence-electron chi connectivity index (χ0n) is 13.1. The van der Waals surface area contributed by atoms with Crippen LogP contribution >= 0.6 is 0 Å². The average Bonchev–Trinajstić information content (AvgIpc) is 2.97. The smallest absolute Gasteiger partial charge is 0.251 e. The summed E-state index contributed by atoms with van der Waals surface area (Å²) in [4.78, 5) is 13.5. The summed E-state index contributed by atoms with van der Waals surface area (Å²) in [5, 5.41) is 3.06. The number of nitrogens with one attached hydrogen (secondary N) is 1. The van der Waals surface area contributed by atoms with Gasteiger partial charge in [-0.1, -0.05) is 30.3 Å². The molecule has 3 N–H and O–H groups in total. The molecule has 126 valence electrons. The number of benzene rings is 2. The summed E-state index contributed by atoms with van der Waals surface area (Å²) in [5.41, 5.74) is 6.14. The number of nitrogens with two attached hydrogens (primary N) is 1. The zero-order valence-corrected chi connectivity index (χ0v) is 13.1. The first-order valence-corrected chi connectivity index (χ1v) is 7.84. The van der Waals surface area contributed by atoms with E-state index < -0.39 is 17.5 Å². The quantitative estimate of drug-likeness (QED) is 0.886. The van der Waals surface area contributed by atoms with Crippen LogP contribution in [0.1, 0.15) is 22.3 Å². The van der Waals surface area contributed by atoms with E-state index in [1.165, 1.54) is 5.56 Å². The molecule has 2 aromatic rings. The lowest BCUT2D eigenvalue weighted by Crippen LogP contribution is -2.26. The second-order valence-electron chi connectivity index (χ2n) is 6.03. The molecule has 6 heteroatoms. The summed E-state index contributed by atoms with van der Waals surface area (Å²) in [7, 11) is 0. The molecule has 3 rings (SSSR count). The third-order valence-corrected chi connectivity index (χ3v) is 4.20. The minimum Gasteiger partial charge on any atom is -0.379 e. The SMILES string of the molecule is NC(=O)c1cc(NC2CCN(Cc3ccccc3)C2)c(F)cc1F. The van der Waals surface area contributed by atoms with Gasteiger partial charge in [-0.25, -0.2) is 8.78 Å². The molecule has 1 unspecified atom stereocenters. The van der Waals surface area contributed by atoms with E-state index in [-0.39, 0.29) is 17.3 Å². The number of nitrogens with zero attached hydrogens (tertiary/aromatic N) is 1. The van der Waals surface area contributed by atoms with Crippen LogP contribution in [0.3, 0.4) is 0 Å². The number of primary amides is 1. The van der Waals surface area contributed by atoms with Crippen molar-refractivity contribution in [3.05, 3.63) is 65.2 Å². The molecule has 0 aromatic heterocycles. The van der Waals surface area contributed by atoms with E-state index in [1.54, 1.807) is 0 Å². The lowest BCUT2D eigenvalue weighted by atomic mass is 10.1. The Labute approximate surface area is 139 Å². The maximum atomic E-state index is 13.9. The summed E-state index contributed by atoms with van der Waals surface area (Å²) in [6.07, 6.45) is 0.843. The van der Waals surface area contributed by atoms with Crippen molar-refractivity contribution in [2.75, 3.05) is 18.4 Å². The van der Waals surface area contributed by atoms with Gasteiger partial charge in [-0.15, -0.1) is 0 Å². The van der Waals surface area contributed by atoms with Gasteiger partial charge in [-0.3, -0.25) is 9.69 Å². The summed E-state index contributed by atoms with van der Waals surface area (Å²) < 4.78 is 27.4. The van der Waals surface area contributed by atoms with Crippen molar-refractivity contribution < 1.29 is 13.6 Å². The van der Waals surface area contributed by atoms with Gasteiger partial charge < -0.3 is 11.1 Å². The molecule has 0 bridgehead atoms. The van der Waals surface area contributed by atoms with E-state index in [2.05, 4.69) is 22.3 Å². The fourth-order valence-electron chi connectivity index (χ4n) is 3.00. The number of halogens is 2. The lowest BCUT2D eigenvalue weighted by molar-refractivity contribution is 0.0996. The molecule has 1 amide bonds. The first-order chi connectivity index (χ1) is 11.5. The van der Waals surface area contributed by atoms with Gasteiger partial charge in [0.2, 0.25) is 0 Å². The molecular weight excluding hydrogens is 312 g/mol. The van der Waals surface area contributed by atoms with E-state index >= 15 is 0 Å². The summed E-state index contributed by atoms with van der Waals surface area (Å²) >= 11 is 0. The molecule has 1 aliphatic rings. The van der Waals surface area contributed by atoms with E-state index in [4.69, 9.17) is 5.73 Å². The van der Waals surface area contributed by atoms with Gasteiger partial charge in [0.15, 0.2) is 0 Å². The number of rotatable bonds is 5. The summed E-state index contributed by atoms with van der Waals surface area (Å²) in [6, 6.07) is 12.0. The second kappa shape index (κ2) is 6.97. The molecule has 4 nitrogen and oxygen atoms in total. The molecule has 24 heavy (non-hydrogen) atoms. The van der Waals surface area contributed by atoms with Crippen molar-refractivity contribution >= 4 is 11.6 Å². The minimum absolute atomic E-state index is 0.0365. The van der Waals surface area contributed by atoms with Crippen molar-refractivity contribution in [1.29, 1.82) is 0 Å². The van der Waals surface area contributed by atoms with Gasteiger partial charge in [0.05, 0.1) is 11.3 Å². The summed E-state index contributed by atoms with van der Waals surface area (Å²) in [5.74, 6) is -2.57. The maximum absolute atomic E-state index is 13.9. The molecule has 0 aliphatic carbocycles. The van der Waals surface area contributed by atoms with Gasteiger partial charge in [0.1, 0.15) is 11.6 Å². The van der Waals surface area contributed by atoms with Crippen molar-refractivity contribution in [3.8, 4) is 0 Å². The Hall–Kier alpha value is -2.47. The predicted octanol–water partition coefficient (Wildman–Crippen LogP) is 2.75. The monoisotopic (exact) mass is 331 g/mol. The fourth-order valence-corrected chi connectivity index (χ4v) is 3.00. The minimum atomic E-state index is -0.942. The number of carbonyl (C=O) groups excluding carboxylic acids is 1. The van der Waals surface area contributed by atoms with Crippen LogP contribution in [0.4, 0.5) is 14.5 Å². The van der Waals surface area contributed by atoms with Crippen LogP contribution in [0.25, 0.3) is 0 Å². The molecule has 0 spiro atoms. The Morgan fingerprint density at radius 3 is 2.67 bits per heavy atom. The van der Waals surface area contributed by atoms with Gasteiger partial charge >= 0.3 is 0 Å². The van der Waals surface area contributed by atoms with Crippen LogP contribution < -0.4 is 11.1 Å².